The van der Waals surface area contributed by atoms with Crippen molar-refractivity contribution >= 4 is 52.5 Å². The van der Waals surface area contributed by atoms with Gasteiger partial charge in [-0.05, 0) is 60.2 Å². The van der Waals surface area contributed by atoms with Gasteiger partial charge < -0.3 is 10.1 Å². The maximum Gasteiger partial charge on any atom is 0.251 e. The maximum atomic E-state index is 12.6. The summed E-state index contributed by atoms with van der Waals surface area (Å²) in [6, 6.07) is 18.2. The third-order valence-corrected chi connectivity index (χ3v) is 6.10. The van der Waals surface area contributed by atoms with Gasteiger partial charge in [0.15, 0.2) is 0 Å². The zero-order valence-electron chi connectivity index (χ0n) is 15.5. The lowest BCUT2D eigenvalue weighted by Gasteiger charge is -2.12. The van der Waals surface area contributed by atoms with Crippen LogP contribution in [-0.2, 0) is 12.3 Å². The van der Waals surface area contributed by atoms with E-state index in [1.807, 2.05) is 36.4 Å². The van der Waals surface area contributed by atoms with Crippen molar-refractivity contribution in [3.05, 3.63) is 92.4 Å². The standard InChI is InChI=1S/C22H18Cl3NO2S/c1-28-21-9-3-14(10-16(21)13-29-19-7-5-17(23)6-8-19)22(27)26-12-15-2-4-18(24)11-20(15)25/h2-11H,12-13H2,1H3,(H,26,27). The van der Waals surface area contributed by atoms with Gasteiger partial charge in [-0.3, -0.25) is 4.79 Å². The molecule has 0 aliphatic heterocycles. The van der Waals surface area contributed by atoms with Crippen LogP contribution in [0, 0.1) is 0 Å². The number of nitrogens with one attached hydrogen (secondary N) is 1. The van der Waals surface area contributed by atoms with Crippen molar-refractivity contribution in [2.24, 2.45) is 0 Å². The Balaban J connectivity index is 1.69. The minimum Gasteiger partial charge on any atom is -0.496 e. The molecule has 1 amide bonds. The molecule has 150 valence electrons. The molecule has 0 aliphatic rings. The average molecular weight is 467 g/mol. The minimum atomic E-state index is -0.184. The first kappa shape index (κ1) is 21.8. The van der Waals surface area contributed by atoms with Crippen LogP contribution in [0.4, 0.5) is 0 Å². The molecule has 3 nitrogen and oxygen atoms in total. The Morgan fingerprint density at radius 1 is 0.931 bits per heavy atom. The van der Waals surface area contributed by atoms with Crippen LogP contribution >= 0.6 is 46.6 Å². The summed E-state index contributed by atoms with van der Waals surface area (Å²) in [4.78, 5) is 13.7. The van der Waals surface area contributed by atoms with E-state index in [4.69, 9.17) is 39.5 Å². The molecule has 7 heteroatoms. The molecule has 0 unspecified atom stereocenters. The lowest BCUT2D eigenvalue weighted by atomic mass is 10.1. The summed E-state index contributed by atoms with van der Waals surface area (Å²) in [5.74, 6) is 1.22. The Hall–Kier alpha value is -1.85. The van der Waals surface area contributed by atoms with Gasteiger partial charge in [0.25, 0.3) is 5.91 Å². The van der Waals surface area contributed by atoms with E-state index in [-0.39, 0.29) is 5.91 Å². The van der Waals surface area contributed by atoms with Gasteiger partial charge in [0.1, 0.15) is 5.75 Å². The van der Waals surface area contributed by atoms with Gasteiger partial charge in [-0.1, -0.05) is 40.9 Å². The summed E-state index contributed by atoms with van der Waals surface area (Å²) in [5, 5.41) is 4.67. The molecule has 0 heterocycles. The number of thioether (sulfide) groups is 1. The number of benzene rings is 3. The maximum absolute atomic E-state index is 12.6. The molecule has 0 atom stereocenters. The summed E-state index contributed by atoms with van der Waals surface area (Å²) < 4.78 is 5.45. The monoisotopic (exact) mass is 465 g/mol. The molecule has 0 aliphatic carbocycles. The zero-order valence-corrected chi connectivity index (χ0v) is 18.6. The first-order valence-corrected chi connectivity index (χ1v) is 10.9. The second-order valence-corrected chi connectivity index (χ2v) is 8.52. The minimum absolute atomic E-state index is 0.184. The lowest BCUT2D eigenvalue weighted by molar-refractivity contribution is 0.0951. The van der Waals surface area contributed by atoms with Gasteiger partial charge in [0.2, 0.25) is 0 Å². The zero-order chi connectivity index (χ0) is 20.8. The first-order valence-electron chi connectivity index (χ1n) is 8.73. The summed E-state index contributed by atoms with van der Waals surface area (Å²) >= 11 is 19.7. The van der Waals surface area contributed by atoms with E-state index in [9.17, 15) is 4.79 Å². The third-order valence-electron chi connectivity index (χ3n) is 4.21. The average Bonchev–Trinajstić information content (AvgIpc) is 2.72. The summed E-state index contributed by atoms with van der Waals surface area (Å²) in [5.41, 5.74) is 2.30. The molecule has 0 saturated carbocycles. The molecule has 3 rings (SSSR count). The SMILES string of the molecule is COc1ccc(C(=O)NCc2ccc(Cl)cc2Cl)cc1CSc1ccc(Cl)cc1. The van der Waals surface area contributed by atoms with Crippen molar-refractivity contribution in [2.45, 2.75) is 17.2 Å². The topological polar surface area (TPSA) is 38.3 Å². The fraction of sp³-hybridized carbons (Fsp3) is 0.136. The lowest BCUT2D eigenvalue weighted by Crippen LogP contribution is -2.23. The summed E-state index contributed by atoms with van der Waals surface area (Å²) in [6.45, 7) is 0.315. The molecule has 0 radical (unpaired) electrons. The smallest absolute Gasteiger partial charge is 0.251 e. The molecule has 1 N–H and O–H groups in total. The molecule has 0 spiro atoms. The molecular formula is C22H18Cl3NO2S. The number of hydrogen-bond acceptors (Lipinski definition) is 3. The van der Waals surface area contributed by atoms with Crippen LogP contribution < -0.4 is 10.1 Å². The number of hydrogen-bond donors (Lipinski definition) is 1. The Morgan fingerprint density at radius 2 is 1.66 bits per heavy atom. The second-order valence-electron chi connectivity index (χ2n) is 6.19. The van der Waals surface area contributed by atoms with Gasteiger partial charge in [-0.2, -0.15) is 0 Å². The highest BCUT2D eigenvalue weighted by Gasteiger charge is 2.12. The van der Waals surface area contributed by atoms with Crippen LogP contribution in [0.3, 0.4) is 0 Å². The Kier molecular flexibility index (Phi) is 7.73. The number of carbonyl (C=O) groups is 1. The van der Waals surface area contributed by atoms with Crippen molar-refractivity contribution in [3.8, 4) is 5.75 Å². The van der Waals surface area contributed by atoms with Crippen molar-refractivity contribution in [3.63, 3.8) is 0 Å². The molecule has 29 heavy (non-hydrogen) atoms. The molecule has 0 bridgehead atoms. The van der Waals surface area contributed by atoms with Crippen LogP contribution in [0.5, 0.6) is 5.75 Å². The Bertz CT molecular complexity index is 1010. The van der Waals surface area contributed by atoms with Crippen LogP contribution in [-0.4, -0.2) is 13.0 Å². The molecular weight excluding hydrogens is 449 g/mol. The molecule has 0 fully saturated rings. The quantitative estimate of drug-likeness (QED) is 0.386. The highest BCUT2D eigenvalue weighted by atomic mass is 35.5. The third kappa shape index (κ3) is 6.06. The van der Waals surface area contributed by atoms with Gasteiger partial charge in [0, 0.05) is 43.4 Å². The fourth-order valence-corrected chi connectivity index (χ4v) is 4.14. The van der Waals surface area contributed by atoms with Crippen LogP contribution in [0.25, 0.3) is 0 Å². The first-order chi connectivity index (χ1) is 14.0. The number of amides is 1. The van der Waals surface area contributed by atoms with E-state index < -0.39 is 0 Å². The highest BCUT2D eigenvalue weighted by Crippen LogP contribution is 2.29. The van der Waals surface area contributed by atoms with E-state index in [1.165, 1.54) is 0 Å². The number of methoxy groups -OCH3 is 1. The summed E-state index contributed by atoms with van der Waals surface area (Å²) in [6.07, 6.45) is 0. The Morgan fingerprint density at radius 3 is 2.34 bits per heavy atom. The molecule has 3 aromatic rings. The van der Waals surface area contributed by atoms with Crippen molar-refractivity contribution in [1.82, 2.24) is 5.32 Å². The second kappa shape index (κ2) is 10.3. The van der Waals surface area contributed by atoms with E-state index >= 15 is 0 Å². The molecule has 3 aromatic carbocycles. The normalized spacial score (nSPS) is 10.6. The summed E-state index contributed by atoms with van der Waals surface area (Å²) in [7, 11) is 1.62. The van der Waals surface area contributed by atoms with E-state index in [0.29, 0.717) is 32.9 Å². The van der Waals surface area contributed by atoms with E-state index in [1.54, 1.807) is 43.1 Å². The van der Waals surface area contributed by atoms with Gasteiger partial charge in [0.05, 0.1) is 7.11 Å². The Labute approximate surface area is 189 Å². The highest BCUT2D eigenvalue weighted by molar-refractivity contribution is 7.98. The predicted molar refractivity (Wildman–Crippen MR) is 122 cm³/mol. The van der Waals surface area contributed by atoms with Crippen molar-refractivity contribution in [1.29, 1.82) is 0 Å². The molecule has 0 saturated heterocycles. The largest absolute Gasteiger partial charge is 0.496 e. The van der Waals surface area contributed by atoms with Crippen LogP contribution in [0.15, 0.2) is 65.6 Å². The van der Waals surface area contributed by atoms with E-state index in [2.05, 4.69) is 5.32 Å². The number of halogens is 3. The van der Waals surface area contributed by atoms with Gasteiger partial charge in [-0.25, -0.2) is 0 Å². The molecule has 0 aromatic heterocycles. The van der Waals surface area contributed by atoms with Gasteiger partial charge in [-0.15, -0.1) is 11.8 Å². The number of rotatable bonds is 7. The van der Waals surface area contributed by atoms with Crippen LogP contribution in [0.2, 0.25) is 15.1 Å². The van der Waals surface area contributed by atoms with E-state index in [0.717, 1.165) is 21.8 Å². The number of ether oxygens (including phenoxy) is 1. The van der Waals surface area contributed by atoms with Crippen molar-refractivity contribution < 1.29 is 9.53 Å². The van der Waals surface area contributed by atoms with Crippen molar-refractivity contribution in [2.75, 3.05) is 7.11 Å². The number of carbonyl (C=O) groups excluding carboxylic acids is 1. The predicted octanol–water partition coefficient (Wildman–Crippen LogP) is 6.88. The fourth-order valence-electron chi connectivity index (χ4n) is 2.67. The van der Waals surface area contributed by atoms with Gasteiger partial charge >= 0.3 is 0 Å². The van der Waals surface area contributed by atoms with Crippen LogP contribution in [0.1, 0.15) is 21.5 Å².